The largest absolute Gasteiger partial charge is 0.499 e. The predicted molar refractivity (Wildman–Crippen MR) is 152 cm³/mol. The van der Waals surface area contributed by atoms with Crippen LogP contribution in [0.2, 0.25) is 0 Å². The average molecular weight is 617 g/mol. The third-order valence-electron chi connectivity index (χ3n) is 6.56. The number of hydrogen-bond acceptors (Lipinski definition) is 10. The van der Waals surface area contributed by atoms with Gasteiger partial charge in [-0.05, 0) is 30.7 Å². The lowest BCUT2D eigenvalue weighted by atomic mass is 10.0. The highest BCUT2D eigenvalue weighted by Crippen LogP contribution is 2.25. The SMILES string of the molecule is CCCCCCCCCCCCCCCC(=O)OC1=C(O)C(=O)O[C@@H]1[C@@H](O)CO.O=C(O)c1ccc(S(=O)(=O)O)cc1. The van der Waals surface area contributed by atoms with Gasteiger partial charge in [-0.3, -0.25) is 9.35 Å². The summed E-state index contributed by atoms with van der Waals surface area (Å²) < 4.78 is 39.3. The number of carbonyl (C=O) groups excluding carboxylic acids is 2. The molecule has 13 heteroatoms. The molecule has 0 spiro atoms. The molecular weight excluding hydrogens is 572 g/mol. The van der Waals surface area contributed by atoms with Crippen LogP contribution in [0.5, 0.6) is 0 Å². The number of benzene rings is 1. The third-order valence-corrected chi connectivity index (χ3v) is 7.43. The van der Waals surface area contributed by atoms with E-state index in [9.17, 15) is 33.0 Å². The Morgan fingerprint density at radius 3 is 1.81 bits per heavy atom. The van der Waals surface area contributed by atoms with Crippen molar-refractivity contribution in [3.05, 3.63) is 41.3 Å². The van der Waals surface area contributed by atoms with Crippen LogP contribution < -0.4 is 0 Å². The van der Waals surface area contributed by atoms with Crippen LogP contribution >= 0.6 is 0 Å². The Kier molecular flexibility index (Phi) is 17.6. The first-order valence-electron chi connectivity index (χ1n) is 14.4. The van der Waals surface area contributed by atoms with Gasteiger partial charge in [0.05, 0.1) is 17.1 Å². The van der Waals surface area contributed by atoms with Crippen molar-refractivity contribution in [1.29, 1.82) is 0 Å². The van der Waals surface area contributed by atoms with Crippen LogP contribution in [0, 0.1) is 0 Å². The lowest BCUT2D eigenvalue weighted by Crippen LogP contribution is -2.33. The van der Waals surface area contributed by atoms with Crippen molar-refractivity contribution in [3.8, 4) is 0 Å². The van der Waals surface area contributed by atoms with Gasteiger partial charge in [0.15, 0.2) is 6.10 Å². The fourth-order valence-corrected chi connectivity index (χ4v) is 4.63. The second kappa shape index (κ2) is 20.0. The molecule has 1 aliphatic rings. The van der Waals surface area contributed by atoms with Crippen molar-refractivity contribution in [2.45, 2.75) is 114 Å². The molecule has 2 rings (SSSR count). The Morgan fingerprint density at radius 1 is 0.905 bits per heavy atom. The molecule has 12 nitrogen and oxygen atoms in total. The Bertz CT molecular complexity index is 1110. The van der Waals surface area contributed by atoms with Gasteiger partial charge in [-0.1, -0.05) is 84.0 Å². The number of aliphatic hydroxyl groups is 3. The van der Waals surface area contributed by atoms with Gasteiger partial charge in [0.2, 0.25) is 11.5 Å². The van der Waals surface area contributed by atoms with Crippen LogP contribution in [0.1, 0.15) is 107 Å². The summed E-state index contributed by atoms with van der Waals surface area (Å²) in [4.78, 5) is 33.3. The summed E-state index contributed by atoms with van der Waals surface area (Å²) in [6.45, 7) is 1.54. The van der Waals surface area contributed by atoms with E-state index in [1.54, 1.807) is 0 Å². The number of carboxylic acid groups (broad SMARTS) is 1. The van der Waals surface area contributed by atoms with Gasteiger partial charge in [-0.2, -0.15) is 8.42 Å². The van der Waals surface area contributed by atoms with E-state index in [-0.39, 0.29) is 16.9 Å². The Labute approximate surface area is 247 Å². The van der Waals surface area contributed by atoms with Crippen LogP contribution in [0.25, 0.3) is 0 Å². The Morgan fingerprint density at radius 2 is 1.38 bits per heavy atom. The standard InChI is InChI=1S/C22H38O7.C7H6O5S/c1-2-3-4-5-6-7-8-9-10-11-12-13-14-15-18(25)28-21-19(26)22(27)29-20(21)17(24)16-23;8-7(9)5-1-3-6(4-2-5)13(10,11)12/h17,20,23-24,26H,2-16H2,1H3;1-4H,(H,8,9)(H,10,11,12)/t17-,20+;/m0./s1. The smallest absolute Gasteiger partial charge is 0.378 e. The van der Waals surface area contributed by atoms with Gasteiger partial charge in [0.25, 0.3) is 10.1 Å². The minimum absolute atomic E-state index is 0.0348. The first-order chi connectivity index (χ1) is 19.9. The highest BCUT2D eigenvalue weighted by atomic mass is 32.2. The van der Waals surface area contributed by atoms with Crippen molar-refractivity contribution < 1.29 is 57.3 Å². The molecule has 42 heavy (non-hydrogen) atoms. The molecule has 0 aliphatic carbocycles. The maximum Gasteiger partial charge on any atom is 0.378 e. The number of hydrogen-bond donors (Lipinski definition) is 5. The quantitative estimate of drug-likeness (QED) is 0.0815. The van der Waals surface area contributed by atoms with Crippen molar-refractivity contribution in [1.82, 2.24) is 0 Å². The summed E-state index contributed by atoms with van der Waals surface area (Å²) in [6.07, 6.45) is 13.0. The molecule has 0 saturated carbocycles. The summed E-state index contributed by atoms with van der Waals surface area (Å²) in [6, 6.07) is 4.26. The van der Waals surface area contributed by atoms with E-state index >= 15 is 0 Å². The van der Waals surface area contributed by atoms with Crippen molar-refractivity contribution in [2.75, 3.05) is 6.61 Å². The maximum absolute atomic E-state index is 11.9. The van der Waals surface area contributed by atoms with E-state index in [2.05, 4.69) is 6.92 Å². The van der Waals surface area contributed by atoms with Crippen LogP contribution in [0.4, 0.5) is 0 Å². The van der Waals surface area contributed by atoms with Gasteiger partial charge in [-0.15, -0.1) is 0 Å². The second-order valence-electron chi connectivity index (χ2n) is 10.1. The van der Waals surface area contributed by atoms with Crippen LogP contribution in [-0.4, -0.2) is 70.1 Å². The summed E-state index contributed by atoms with van der Waals surface area (Å²) in [5.41, 5.74) is -0.0348. The number of carbonyl (C=O) groups is 3. The number of aromatic carboxylic acids is 1. The highest BCUT2D eigenvalue weighted by Gasteiger charge is 2.41. The number of ether oxygens (including phenoxy) is 2. The summed E-state index contributed by atoms with van der Waals surface area (Å²) >= 11 is 0. The zero-order valence-corrected chi connectivity index (χ0v) is 24.9. The van der Waals surface area contributed by atoms with Gasteiger partial charge >= 0.3 is 17.9 Å². The Balaban J connectivity index is 0.000000563. The molecule has 2 atom stereocenters. The molecule has 1 aromatic carbocycles. The van der Waals surface area contributed by atoms with E-state index < -0.39 is 58.4 Å². The summed E-state index contributed by atoms with van der Waals surface area (Å²) in [7, 11) is -4.24. The minimum Gasteiger partial charge on any atom is -0.499 e. The molecular formula is C29H44O12S. The van der Waals surface area contributed by atoms with Crippen molar-refractivity contribution in [2.24, 2.45) is 0 Å². The van der Waals surface area contributed by atoms with E-state index in [0.717, 1.165) is 43.5 Å². The summed E-state index contributed by atoms with van der Waals surface area (Å²) in [5, 5.41) is 36.7. The molecule has 0 fully saturated rings. The minimum atomic E-state index is -4.24. The number of rotatable bonds is 19. The molecule has 1 aromatic rings. The monoisotopic (exact) mass is 616 g/mol. The number of unbranched alkanes of at least 4 members (excludes halogenated alkanes) is 12. The maximum atomic E-state index is 11.9. The first kappa shape index (κ1) is 37.0. The topological polar surface area (TPSA) is 205 Å². The lowest BCUT2D eigenvalue weighted by molar-refractivity contribution is -0.151. The fraction of sp³-hybridized carbons (Fsp3) is 0.621. The van der Waals surface area contributed by atoms with Gasteiger partial charge in [0.1, 0.15) is 6.10 Å². The molecule has 0 aromatic heterocycles. The molecule has 0 bridgehead atoms. The van der Waals surface area contributed by atoms with Crippen LogP contribution in [-0.2, 0) is 29.2 Å². The number of cyclic esters (lactones) is 1. The molecule has 1 aliphatic heterocycles. The van der Waals surface area contributed by atoms with Crippen molar-refractivity contribution >= 4 is 28.0 Å². The van der Waals surface area contributed by atoms with Crippen molar-refractivity contribution in [3.63, 3.8) is 0 Å². The van der Waals surface area contributed by atoms with E-state index in [0.29, 0.717) is 6.42 Å². The second-order valence-corrected chi connectivity index (χ2v) is 11.5. The lowest BCUT2D eigenvalue weighted by Gasteiger charge is -2.17. The number of aliphatic hydroxyl groups excluding tert-OH is 3. The normalized spacial score (nSPS) is 15.5. The molecule has 1 heterocycles. The average Bonchev–Trinajstić information content (AvgIpc) is 3.23. The zero-order valence-electron chi connectivity index (χ0n) is 24.1. The molecule has 0 unspecified atom stereocenters. The molecule has 0 radical (unpaired) electrons. The molecule has 238 valence electrons. The van der Waals surface area contributed by atoms with Crippen LogP contribution in [0.3, 0.4) is 0 Å². The van der Waals surface area contributed by atoms with E-state index in [1.165, 1.54) is 57.8 Å². The first-order valence-corrected chi connectivity index (χ1v) is 15.8. The molecule has 0 amide bonds. The van der Waals surface area contributed by atoms with Gasteiger partial charge < -0.3 is 29.9 Å². The Hall–Kier alpha value is -3.00. The number of carboxylic acids is 1. The van der Waals surface area contributed by atoms with E-state index in [1.807, 2.05) is 0 Å². The molecule has 5 N–H and O–H groups in total. The van der Waals surface area contributed by atoms with E-state index in [4.69, 9.17) is 24.2 Å². The summed E-state index contributed by atoms with van der Waals surface area (Å²) in [5.74, 6) is -4.08. The fourth-order valence-electron chi connectivity index (χ4n) is 4.15. The zero-order chi connectivity index (χ0) is 31.5. The van der Waals surface area contributed by atoms with Crippen LogP contribution in [0.15, 0.2) is 40.7 Å². The third kappa shape index (κ3) is 14.3. The number of esters is 2. The molecule has 0 saturated heterocycles. The van der Waals surface area contributed by atoms with Gasteiger partial charge in [0, 0.05) is 6.42 Å². The van der Waals surface area contributed by atoms with Gasteiger partial charge in [-0.25, -0.2) is 9.59 Å². The highest BCUT2D eigenvalue weighted by molar-refractivity contribution is 7.85. The predicted octanol–water partition coefficient (Wildman–Crippen LogP) is 4.69.